The summed E-state index contributed by atoms with van der Waals surface area (Å²) in [5.74, 6) is -1.29. The Morgan fingerprint density at radius 3 is 2.62 bits per heavy atom. The van der Waals surface area contributed by atoms with E-state index in [-0.39, 0.29) is 12.5 Å². The van der Waals surface area contributed by atoms with E-state index in [1.54, 1.807) is 12.1 Å². The van der Waals surface area contributed by atoms with Crippen molar-refractivity contribution in [3.8, 4) is 0 Å². The fraction of sp³-hybridized carbons (Fsp3) is 0.471. The first-order valence-electron chi connectivity index (χ1n) is 7.84. The molecule has 0 aromatic heterocycles. The Morgan fingerprint density at radius 2 is 2.00 bits per heavy atom. The fourth-order valence-electron chi connectivity index (χ4n) is 2.24. The first-order valence-corrected chi connectivity index (χ1v) is 7.84. The van der Waals surface area contributed by atoms with Gasteiger partial charge in [-0.2, -0.15) is 0 Å². The minimum atomic E-state index is -0.576. The van der Waals surface area contributed by atoms with Crippen molar-refractivity contribution in [1.82, 2.24) is 4.90 Å². The number of hydrogen-bond donors (Lipinski definition) is 1. The van der Waals surface area contributed by atoms with Crippen molar-refractivity contribution in [2.45, 2.75) is 25.9 Å². The lowest BCUT2D eigenvalue weighted by Crippen LogP contribution is -2.38. The van der Waals surface area contributed by atoms with Gasteiger partial charge in [0.2, 0.25) is 5.91 Å². The number of likely N-dealkylation sites (N-methyl/N-ethyl adjacent to an activating group) is 1. The average Bonchev–Trinajstić information content (AvgIpc) is 3.08. The minimum Gasteiger partial charge on any atom is -0.454 e. The molecule has 1 atom stereocenters. The van der Waals surface area contributed by atoms with E-state index in [2.05, 4.69) is 5.32 Å². The van der Waals surface area contributed by atoms with Crippen molar-refractivity contribution >= 4 is 23.5 Å². The number of amides is 2. The molecule has 0 aliphatic carbocycles. The summed E-state index contributed by atoms with van der Waals surface area (Å²) in [7, 11) is 1.48. The number of benzene rings is 1. The van der Waals surface area contributed by atoms with Gasteiger partial charge in [-0.25, -0.2) is 4.79 Å². The smallest absolute Gasteiger partial charge is 0.335 e. The topological polar surface area (TPSA) is 84.9 Å². The first-order chi connectivity index (χ1) is 11.5. The number of aryl methyl sites for hydroxylation is 1. The van der Waals surface area contributed by atoms with E-state index in [1.165, 1.54) is 11.9 Å². The van der Waals surface area contributed by atoms with E-state index in [0.29, 0.717) is 18.7 Å². The van der Waals surface area contributed by atoms with Gasteiger partial charge in [0.25, 0.3) is 5.91 Å². The van der Waals surface area contributed by atoms with Gasteiger partial charge in [-0.1, -0.05) is 17.7 Å². The molecule has 130 valence electrons. The summed E-state index contributed by atoms with van der Waals surface area (Å²) in [6.45, 7) is 1.97. The zero-order chi connectivity index (χ0) is 17.5. The average molecular weight is 334 g/mol. The van der Waals surface area contributed by atoms with Crippen LogP contribution >= 0.6 is 0 Å². The van der Waals surface area contributed by atoms with E-state index in [0.717, 1.165) is 12.0 Å². The fourth-order valence-corrected chi connectivity index (χ4v) is 2.24. The van der Waals surface area contributed by atoms with E-state index in [9.17, 15) is 14.4 Å². The molecule has 2 amide bonds. The highest BCUT2D eigenvalue weighted by molar-refractivity contribution is 5.94. The van der Waals surface area contributed by atoms with Gasteiger partial charge < -0.3 is 19.7 Å². The molecule has 1 aliphatic heterocycles. The molecule has 24 heavy (non-hydrogen) atoms. The van der Waals surface area contributed by atoms with E-state index in [4.69, 9.17) is 9.47 Å². The maximum atomic E-state index is 11.9. The van der Waals surface area contributed by atoms with Crippen molar-refractivity contribution in [2.24, 2.45) is 0 Å². The highest BCUT2D eigenvalue weighted by Crippen LogP contribution is 2.13. The van der Waals surface area contributed by atoms with Crippen molar-refractivity contribution in [3.05, 3.63) is 29.8 Å². The van der Waals surface area contributed by atoms with Gasteiger partial charge in [0, 0.05) is 19.3 Å². The molecular weight excluding hydrogens is 312 g/mol. The molecule has 7 nitrogen and oxygen atoms in total. The molecule has 0 saturated carbocycles. The summed E-state index contributed by atoms with van der Waals surface area (Å²) >= 11 is 0. The number of ether oxygens (including phenoxy) is 2. The largest absolute Gasteiger partial charge is 0.454 e. The highest BCUT2D eigenvalue weighted by atomic mass is 16.6. The summed E-state index contributed by atoms with van der Waals surface area (Å²) in [4.78, 5) is 36.7. The van der Waals surface area contributed by atoms with Crippen LogP contribution in [-0.4, -0.2) is 55.6 Å². The van der Waals surface area contributed by atoms with Crippen LogP contribution in [0.4, 0.5) is 5.69 Å². The highest BCUT2D eigenvalue weighted by Gasteiger charge is 2.26. The summed E-state index contributed by atoms with van der Waals surface area (Å²) in [5.41, 5.74) is 1.75. The van der Waals surface area contributed by atoms with Gasteiger partial charge in [-0.05, 0) is 31.9 Å². The molecular formula is C17H22N2O5. The van der Waals surface area contributed by atoms with Crippen LogP contribution < -0.4 is 5.32 Å². The van der Waals surface area contributed by atoms with Gasteiger partial charge in [0.1, 0.15) is 0 Å². The zero-order valence-electron chi connectivity index (χ0n) is 13.9. The lowest BCUT2D eigenvalue weighted by atomic mass is 10.2. The molecule has 1 aromatic rings. The van der Waals surface area contributed by atoms with Crippen LogP contribution in [0.1, 0.15) is 18.4 Å². The van der Waals surface area contributed by atoms with Gasteiger partial charge in [-0.3, -0.25) is 9.59 Å². The van der Waals surface area contributed by atoms with E-state index >= 15 is 0 Å². The van der Waals surface area contributed by atoms with Gasteiger partial charge in [0.05, 0.1) is 6.54 Å². The van der Waals surface area contributed by atoms with E-state index in [1.807, 2.05) is 19.1 Å². The van der Waals surface area contributed by atoms with Crippen LogP contribution in [0.25, 0.3) is 0 Å². The summed E-state index contributed by atoms with van der Waals surface area (Å²) in [6.07, 6.45) is 0.849. The van der Waals surface area contributed by atoms with Crippen LogP contribution in [0.5, 0.6) is 0 Å². The molecule has 1 aliphatic rings. The lowest BCUT2D eigenvalue weighted by molar-refractivity contribution is -0.159. The predicted octanol–water partition coefficient (Wildman–Crippen LogP) is 1.11. The Labute approximate surface area is 140 Å². The zero-order valence-corrected chi connectivity index (χ0v) is 13.9. The maximum Gasteiger partial charge on any atom is 0.335 e. The number of nitrogens with zero attached hydrogens (tertiary/aromatic N) is 1. The standard InChI is InChI=1S/C17H22N2O5/c1-12-5-7-13(8-6-12)18-15(20)10-19(2)16(21)11-24-17(22)14-4-3-9-23-14/h5-8,14H,3-4,9-11H2,1-2H3,(H,18,20)/t14-/m0/s1. The molecule has 0 bridgehead atoms. The minimum absolute atomic E-state index is 0.121. The van der Waals surface area contributed by atoms with Crippen LogP contribution in [0.15, 0.2) is 24.3 Å². The molecule has 7 heteroatoms. The Kier molecular flexibility index (Phi) is 6.31. The Bertz CT molecular complexity index is 594. The van der Waals surface area contributed by atoms with Gasteiger partial charge in [-0.15, -0.1) is 0 Å². The number of rotatable bonds is 6. The second-order valence-electron chi connectivity index (χ2n) is 5.77. The third kappa shape index (κ3) is 5.34. The van der Waals surface area contributed by atoms with Crippen LogP contribution in [0, 0.1) is 6.92 Å². The molecule has 0 spiro atoms. The number of anilines is 1. The summed E-state index contributed by atoms with van der Waals surface area (Å²) in [5, 5.41) is 2.70. The summed E-state index contributed by atoms with van der Waals surface area (Å²) in [6, 6.07) is 7.35. The van der Waals surface area contributed by atoms with Crippen molar-refractivity contribution in [3.63, 3.8) is 0 Å². The van der Waals surface area contributed by atoms with Gasteiger partial charge >= 0.3 is 5.97 Å². The number of hydrogen-bond acceptors (Lipinski definition) is 5. The molecule has 0 unspecified atom stereocenters. The number of esters is 1. The second-order valence-corrected chi connectivity index (χ2v) is 5.77. The van der Waals surface area contributed by atoms with Crippen molar-refractivity contribution in [1.29, 1.82) is 0 Å². The van der Waals surface area contributed by atoms with Gasteiger partial charge in [0.15, 0.2) is 12.7 Å². The van der Waals surface area contributed by atoms with Crippen LogP contribution in [0.2, 0.25) is 0 Å². The molecule has 0 radical (unpaired) electrons. The quantitative estimate of drug-likeness (QED) is 0.788. The molecule has 1 N–H and O–H groups in total. The van der Waals surface area contributed by atoms with Crippen LogP contribution in [0.3, 0.4) is 0 Å². The predicted molar refractivity (Wildman–Crippen MR) is 87.4 cm³/mol. The summed E-state index contributed by atoms with van der Waals surface area (Å²) < 4.78 is 10.1. The molecule has 2 rings (SSSR count). The Morgan fingerprint density at radius 1 is 1.29 bits per heavy atom. The second kappa shape index (κ2) is 8.44. The number of carbonyl (C=O) groups excluding carboxylic acids is 3. The Hall–Kier alpha value is -2.41. The van der Waals surface area contributed by atoms with Crippen molar-refractivity contribution in [2.75, 3.05) is 32.1 Å². The molecule has 1 heterocycles. The van der Waals surface area contributed by atoms with Crippen LogP contribution in [-0.2, 0) is 23.9 Å². The molecule has 1 aromatic carbocycles. The Balaban J connectivity index is 1.73. The van der Waals surface area contributed by atoms with Crippen molar-refractivity contribution < 1.29 is 23.9 Å². The number of carbonyl (C=O) groups is 3. The molecule has 1 saturated heterocycles. The lowest BCUT2D eigenvalue weighted by Gasteiger charge is -2.17. The normalized spacial score (nSPS) is 16.5. The molecule has 1 fully saturated rings. The maximum absolute atomic E-state index is 11.9. The van der Waals surface area contributed by atoms with E-state index < -0.39 is 24.6 Å². The SMILES string of the molecule is Cc1ccc(NC(=O)CN(C)C(=O)COC(=O)[C@@H]2CCCO2)cc1. The third-order valence-electron chi connectivity index (χ3n) is 3.67. The monoisotopic (exact) mass is 334 g/mol. The third-order valence-corrected chi connectivity index (χ3v) is 3.67. The first kappa shape index (κ1) is 17.9. The number of nitrogens with one attached hydrogen (secondary N) is 1.